The molecule has 0 spiro atoms. The number of ether oxygens (including phenoxy) is 3. The van der Waals surface area contributed by atoms with Gasteiger partial charge in [0, 0.05) is 76.3 Å². The summed E-state index contributed by atoms with van der Waals surface area (Å²) >= 11 is 0. The Morgan fingerprint density at radius 3 is 2.57 bits per heavy atom. The van der Waals surface area contributed by atoms with Gasteiger partial charge in [0.05, 0.1) is 30.1 Å². The Labute approximate surface area is 294 Å². The third-order valence-corrected chi connectivity index (χ3v) is 11.2. The van der Waals surface area contributed by atoms with Crippen LogP contribution in [0.25, 0.3) is 11.0 Å². The molecule has 1 unspecified atom stereocenters. The first kappa shape index (κ1) is 36.8. The highest BCUT2D eigenvalue weighted by molar-refractivity contribution is 7.91. The molecular weight excluding hydrogens is 690 g/mol. The molecule has 3 aliphatic heterocycles. The largest absolute Gasteiger partial charge is 0.465 e. The number of pyridine rings is 1. The molecule has 0 aliphatic carbocycles. The maximum Gasteiger partial charge on any atom is 0.407 e. The number of nitrogens with one attached hydrogen (secondary N) is 1. The molecule has 17 heteroatoms. The number of fused-ring (bicyclic) bond motifs is 1. The number of carboxylic acid groups (broad SMARTS) is 1. The second-order valence-corrected chi connectivity index (χ2v) is 15.6. The second-order valence-electron chi connectivity index (χ2n) is 13.3. The number of alkyl halides is 2. The molecule has 0 radical (unpaired) electrons. The minimum absolute atomic E-state index is 0.0672. The molecule has 0 saturated carbocycles. The van der Waals surface area contributed by atoms with E-state index in [1.807, 2.05) is 6.92 Å². The molecule has 3 aromatic rings. The fraction of sp³-hybridized carbons (Fsp3) is 0.588. The zero-order valence-corrected chi connectivity index (χ0v) is 29.3. The molecule has 2 N–H and O–H groups in total. The number of halogens is 2. The van der Waals surface area contributed by atoms with Gasteiger partial charge in [0.25, 0.3) is 11.5 Å². The second kappa shape index (κ2) is 15.8. The van der Waals surface area contributed by atoms with Crippen LogP contribution in [0.3, 0.4) is 0 Å². The van der Waals surface area contributed by atoms with Crippen LogP contribution in [0.5, 0.6) is 0 Å². The number of aryl methyl sites for hydroxylation is 1. The van der Waals surface area contributed by atoms with Gasteiger partial charge in [0.15, 0.2) is 16.1 Å². The van der Waals surface area contributed by atoms with Crippen LogP contribution in [0, 0.1) is 5.92 Å². The Morgan fingerprint density at radius 2 is 1.84 bits per heavy atom. The van der Waals surface area contributed by atoms with Crippen molar-refractivity contribution in [3.05, 3.63) is 58.1 Å². The van der Waals surface area contributed by atoms with Crippen molar-refractivity contribution in [2.45, 2.75) is 57.4 Å². The topological polar surface area (TPSA) is 165 Å². The van der Waals surface area contributed by atoms with Crippen molar-refractivity contribution < 1.29 is 41.3 Å². The average molecular weight is 735 g/mol. The van der Waals surface area contributed by atoms with Crippen molar-refractivity contribution in [3.63, 3.8) is 0 Å². The molecule has 1 aromatic carbocycles. The van der Waals surface area contributed by atoms with E-state index in [1.54, 1.807) is 27.7 Å². The first-order valence-corrected chi connectivity index (χ1v) is 19.1. The van der Waals surface area contributed by atoms with E-state index in [-0.39, 0.29) is 55.1 Å². The summed E-state index contributed by atoms with van der Waals surface area (Å²) in [5.41, 5.74) is 0.832. The predicted molar refractivity (Wildman–Crippen MR) is 185 cm³/mol. The number of sulfone groups is 1. The molecule has 6 rings (SSSR count). The van der Waals surface area contributed by atoms with E-state index in [4.69, 9.17) is 19.3 Å². The van der Waals surface area contributed by atoms with Crippen LogP contribution < -0.4 is 15.8 Å². The van der Waals surface area contributed by atoms with Gasteiger partial charge in [-0.3, -0.25) is 9.36 Å². The number of nitrogens with zero attached hydrogens (tertiary/aromatic N) is 5. The molecule has 5 heterocycles. The first-order chi connectivity index (χ1) is 24.4. The molecule has 2 aromatic heterocycles. The summed E-state index contributed by atoms with van der Waals surface area (Å²) in [5.74, 6) is -3.32. The third kappa shape index (κ3) is 8.94. The van der Waals surface area contributed by atoms with Gasteiger partial charge in [-0.1, -0.05) is 18.2 Å². The number of hydrogen-bond donors (Lipinski definition) is 2. The van der Waals surface area contributed by atoms with Gasteiger partial charge in [-0.25, -0.2) is 32.0 Å². The summed E-state index contributed by atoms with van der Waals surface area (Å²) in [4.78, 5) is 36.8. The van der Waals surface area contributed by atoms with Crippen molar-refractivity contribution in [2.75, 3.05) is 74.3 Å². The first-order valence-electron chi connectivity index (χ1n) is 17.3. The van der Waals surface area contributed by atoms with Crippen molar-refractivity contribution >= 4 is 38.5 Å². The lowest BCUT2D eigenvalue weighted by Crippen LogP contribution is -2.50. The third-order valence-electron chi connectivity index (χ3n) is 9.57. The maximum absolute atomic E-state index is 15.3. The molecule has 14 nitrogen and oxygen atoms in total. The van der Waals surface area contributed by atoms with Crippen molar-refractivity contribution in [1.82, 2.24) is 19.4 Å². The molecule has 3 fully saturated rings. The molecule has 1 atom stereocenters. The Bertz CT molecular complexity index is 1850. The lowest BCUT2D eigenvalue weighted by molar-refractivity contribution is -0.0528. The summed E-state index contributed by atoms with van der Waals surface area (Å²) < 4.78 is 73.3. The zero-order valence-electron chi connectivity index (χ0n) is 28.5. The smallest absolute Gasteiger partial charge is 0.407 e. The number of amides is 1. The highest BCUT2D eigenvalue weighted by atomic mass is 32.2. The zero-order chi connectivity index (χ0) is 36.2. The van der Waals surface area contributed by atoms with E-state index < -0.39 is 40.2 Å². The van der Waals surface area contributed by atoms with E-state index in [2.05, 4.69) is 15.3 Å². The fourth-order valence-electron chi connectivity index (χ4n) is 6.68. The van der Waals surface area contributed by atoms with Gasteiger partial charge in [-0.05, 0) is 37.5 Å². The van der Waals surface area contributed by atoms with Crippen LogP contribution in [0.15, 0.2) is 41.5 Å². The lowest BCUT2D eigenvalue weighted by atomic mass is 9.89. The number of benzene rings is 1. The van der Waals surface area contributed by atoms with Crippen LogP contribution in [0.4, 0.5) is 25.1 Å². The van der Waals surface area contributed by atoms with Gasteiger partial charge in [0.1, 0.15) is 23.5 Å². The molecule has 3 aliphatic rings. The number of anilines is 2. The monoisotopic (exact) mass is 734 g/mol. The number of aromatic nitrogens is 3. The maximum atomic E-state index is 15.3. The van der Waals surface area contributed by atoms with E-state index in [1.165, 1.54) is 18.5 Å². The van der Waals surface area contributed by atoms with Gasteiger partial charge >= 0.3 is 6.09 Å². The van der Waals surface area contributed by atoms with Gasteiger partial charge in [-0.2, -0.15) is 0 Å². The highest BCUT2D eigenvalue weighted by Gasteiger charge is 2.41. The molecule has 3 saturated heterocycles. The minimum atomic E-state index is -3.20. The van der Waals surface area contributed by atoms with Gasteiger partial charge in [-0.15, -0.1) is 0 Å². The van der Waals surface area contributed by atoms with E-state index in [9.17, 15) is 18.0 Å². The summed E-state index contributed by atoms with van der Waals surface area (Å²) in [6.07, 6.45) is 1.62. The SMILES string of the molecule is CC(Nc1ncnc2c1cc(N1CCS(=O)(=O)CC1)c(=O)n2CCCOCCCC1OCCO1)c1cccc(C(F)(F)CC2CN(C(=O)O)C2)c1. The summed E-state index contributed by atoms with van der Waals surface area (Å²) in [6, 6.07) is 7.31. The van der Waals surface area contributed by atoms with Crippen molar-refractivity contribution in [1.29, 1.82) is 0 Å². The minimum Gasteiger partial charge on any atom is -0.465 e. The molecule has 1 amide bonds. The van der Waals surface area contributed by atoms with Crippen LogP contribution in [-0.2, 0) is 36.5 Å². The number of hydrogen-bond acceptors (Lipinski definition) is 11. The van der Waals surface area contributed by atoms with Gasteiger partial charge < -0.3 is 34.4 Å². The van der Waals surface area contributed by atoms with Crippen molar-refractivity contribution in [2.24, 2.45) is 5.92 Å². The Balaban J connectivity index is 1.19. The summed E-state index contributed by atoms with van der Waals surface area (Å²) in [7, 11) is -3.20. The normalized spacial score (nSPS) is 19.0. The van der Waals surface area contributed by atoms with Crippen LogP contribution in [0.1, 0.15) is 49.8 Å². The summed E-state index contributed by atoms with van der Waals surface area (Å²) in [6.45, 7) is 4.74. The van der Waals surface area contributed by atoms with Crippen molar-refractivity contribution in [3.8, 4) is 0 Å². The number of carbonyl (C=O) groups is 1. The number of rotatable bonds is 15. The van der Waals surface area contributed by atoms with Crippen LogP contribution >= 0.6 is 0 Å². The van der Waals surface area contributed by atoms with E-state index in [0.717, 1.165) is 17.7 Å². The van der Waals surface area contributed by atoms with Gasteiger partial charge in [0.2, 0.25) is 0 Å². The Kier molecular flexibility index (Phi) is 11.4. The fourth-order valence-corrected chi connectivity index (χ4v) is 7.88. The average Bonchev–Trinajstić information content (AvgIpc) is 3.60. The van der Waals surface area contributed by atoms with Crippen LogP contribution in [0.2, 0.25) is 0 Å². The lowest BCUT2D eigenvalue weighted by Gasteiger charge is -2.38. The standard InChI is InChI=1S/C34H44F2N6O8S/c1-23(25-5-2-6-26(17-25)34(35,36)19-24-20-41(21-24)33(44)45)39-30-27-18-28(40-9-15-51(46,47)16-10-40)32(43)42(31(27)38-22-37-30)8-4-12-48-11-3-7-29-49-13-14-50-29/h2,5-6,17-18,22-24,29H,3-4,7-16,19-21H2,1H3,(H,44,45)(H,37,38,39). The van der Waals surface area contributed by atoms with Crippen LogP contribution in [-0.4, -0.2) is 109 Å². The Morgan fingerprint density at radius 1 is 1.12 bits per heavy atom. The number of likely N-dealkylation sites (tertiary alicyclic amines) is 1. The molecular formula is C34H44F2N6O8S. The molecule has 51 heavy (non-hydrogen) atoms. The molecule has 0 bridgehead atoms. The quantitative estimate of drug-likeness (QED) is 0.217. The van der Waals surface area contributed by atoms with E-state index >= 15 is 8.78 Å². The highest BCUT2D eigenvalue weighted by Crippen LogP contribution is 2.39. The van der Waals surface area contributed by atoms with E-state index in [0.29, 0.717) is 67.5 Å². The Hall–Kier alpha value is -3.93. The molecule has 278 valence electrons. The predicted octanol–water partition coefficient (Wildman–Crippen LogP) is 3.85. The summed E-state index contributed by atoms with van der Waals surface area (Å²) in [5, 5.41) is 12.9.